The largest absolute Gasteiger partial charge is 0.362 e. The van der Waals surface area contributed by atoms with Crippen LogP contribution >= 0.6 is 12.4 Å². The number of aromatic nitrogens is 2. The lowest BCUT2D eigenvalue weighted by Gasteiger charge is -2.04. The molecule has 0 radical (unpaired) electrons. The van der Waals surface area contributed by atoms with Crippen molar-refractivity contribution in [1.29, 1.82) is 0 Å². The zero-order chi connectivity index (χ0) is 13.0. The third-order valence-electron chi connectivity index (χ3n) is 2.88. The molecule has 2 rings (SSSR count). The van der Waals surface area contributed by atoms with E-state index in [9.17, 15) is 4.79 Å². The molecule has 2 N–H and O–H groups in total. The Bertz CT molecular complexity index is 537. The quantitative estimate of drug-likeness (QED) is 0.903. The molecule has 0 aliphatic carbocycles. The molecule has 0 bridgehead atoms. The average molecular weight is 280 g/mol. The third-order valence-corrected chi connectivity index (χ3v) is 2.88. The molecule has 4 nitrogen and oxygen atoms in total. The number of halogens is 1. The zero-order valence-corrected chi connectivity index (χ0v) is 11.9. The highest BCUT2D eigenvalue weighted by molar-refractivity contribution is 5.93. The molecule has 19 heavy (non-hydrogen) atoms. The van der Waals surface area contributed by atoms with Gasteiger partial charge in [-0.05, 0) is 44.0 Å². The molecule has 0 fully saturated rings. The Morgan fingerprint density at radius 2 is 2.00 bits per heavy atom. The van der Waals surface area contributed by atoms with Crippen molar-refractivity contribution >= 4 is 18.3 Å². The number of amides is 1. The molecule has 2 heterocycles. The molecule has 5 heteroatoms. The van der Waals surface area contributed by atoms with Gasteiger partial charge in [0.05, 0.1) is 0 Å². The minimum absolute atomic E-state index is 0. The third kappa shape index (κ3) is 4.10. The highest BCUT2D eigenvalue weighted by Gasteiger charge is 2.05. The Kier molecular flexibility index (Phi) is 5.57. The number of aromatic amines is 1. The summed E-state index contributed by atoms with van der Waals surface area (Å²) >= 11 is 0. The van der Waals surface area contributed by atoms with E-state index in [0.717, 1.165) is 12.1 Å². The highest BCUT2D eigenvalue weighted by Crippen LogP contribution is 2.09. The van der Waals surface area contributed by atoms with Crippen LogP contribution in [0.5, 0.6) is 0 Å². The lowest BCUT2D eigenvalue weighted by Crippen LogP contribution is -2.25. The van der Waals surface area contributed by atoms with Crippen molar-refractivity contribution in [3.63, 3.8) is 0 Å². The summed E-state index contributed by atoms with van der Waals surface area (Å²) in [5.41, 5.74) is 4.23. The van der Waals surface area contributed by atoms with E-state index in [0.29, 0.717) is 12.1 Å². The van der Waals surface area contributed by atoms with Gasteiger partial charge >= 0.3 is 0 Å². The van der Waals surface area contributed by atoms with Crippen molar-refractivity contribution in [3.8, 4) is 0 Å². The van der Waals surface area contributed by atoms with E-state index in [2.05, 4.69) is 21.4 Å². The normalized spacial score (nSPS) is 9.79. The van der Waals surface area contributed by atoms with E-state index in [1.54, 1.807) is 24.5 Å². The summed E-state index contributed by atoms with van der Waals surface area (Å²) in [5.74, 6) is -0.0534. The maximum absolute atomic E-state index is 11.8. The van der Waals surface area contributed by atoms with Gasteiger partial charge in [-0.25, -0.2) is 0 Å². The average Bonchev–Trinajstić information content (AvgIpc) is 2.69. The number of nitrogens with one attached hydrogen (secondary N) is 2. The van der Waals surface area contributed by atoms with Crippen molar-refractivity contribution in [3.05, 3.63) is 53.1 Å². The van der Waals surface area contributed by atoms with E-state index in [1.807, 2.05) is 13.8 Å². The molecule has 0 unspecified atom stereocenters. The summed E-state index contributed by atoms with van der Waals surface area (Å²) in [4.78, 5) is 18.9. The van der Waals surface area contributed by atoms with E-state index < -0.39 is 0 Å². The predicted molar refractivity (Wildman–Crippen MR) is 77.8 cm³/mol. The minimum Gasteiger partial charge on any atom is -0.362 e. The number of carbonyl (C=O) groups excluding carboxylic acids is 1. The first-order valence-corrected chi connectivity index (χ1v) is 6.00. The highest BCUT2D eigenvalue weighted by atomic mass is 35.5. The molecule has 0 spiro atoms. The molecule has 2 aromatic heterocycles. The van der Waals surface area contributed by atoms with Crippen LogP contribution in [0.3, 0.4) is 0 Å². The number of hydrogen-bond donors (Lipinski definition) is 2. The number of rotatable bonds is 4. The first-order valence-electron chi connectivity index (χ1n) is 6.00. The Labute approximate surface area is 119 Å². The monoisotopic (exact) mass is 279 g/mol. The van der Waals surface area contributed by atoms with Crippen molar-refractivity contribution in [2.24, 2.45) is 0 Å². The Balaban J connectivity index is 0.00000180. The standard InChI is InChI=1S/C14H17N3O.ClH/c1-10-9-13(11(2)17-10)5-8-16-14(18)12-3-6-15-7-4-12;/h3-4,6-7,9,17H,5,8H2,1-2H3,(H,16,18);1H. The van der Waals surface area contributed by atoms with Gasteiger partial charge in [-0.1, -0.05) is 0 Å². The Hall–Kier alpha value is -1.81. The molecular formula is C14H18ClN3O. The molecule has 1 amide bonds. The molecule has 0 aliphatic heterocycles. The van der Waals surface area contributed by atoms with Gasteiger partial charge in [0.1, 0.15) is 0 Å². The number of hydrogen-bond acceptors (Lipinski definition) is 2. The van der Waals surface area contributed by atoms with Gasteiger partial charge < -0.3 is 10.3 Å². The number of pyridine rings is 1. The van der Waals surface area contributed by atoms with Gasteiger partial charge in [-0.3, -0.25) is 9.78 Å². The summed E-state index contributed by atoms with van der Waals surface area (Å²) in [6.45, 7) is 4.72. The lowest BCUT2D eigenvalue weighted by atomic mass is 10.1. The van der Waals surface area contributed by atoms with Crippen LogP contribution in [-0.4, -0.2) is 22.4 Å². The number of H-pyrrole nitrogens is 1. The zero-order valence-electron chi connectivity index (χ0n) is 11.1. The van der Waals surface area contributed by atoms with Crippen molar-refractivity contribution in [2.45, 2.75) is 20.3 Å². The first-order chi connectivity index (χ1) is 8.66. The second kappa shape index (κ2) is 6.95. The summed E-state index contributed by atoms with van der Waals surface area (Å²) in [6.07, 6.45) is 4.08. The molecule has 0 aliphatic rings. The van der Waals surface area contributed by atoms with E-state index >= 15 is 0 Å². The number of nitrogens with zero attached hydrogens (tertiary/aromatic N) is 1. The van der Waals surface area contributed by atoms with Gasteiger partial charge in [-0.15, -0.1) is 12.4 Å². The van der Waals surface area contributed by atoms with E-state index in [1.165, 1.54) is 11.3 Å². The van der Waals surface area contributed by atoms with Gasteiger partial charge in [0, 0.05) is 35.9 Å². The van der Waals surface area contributed by atoms with Crippen LogP contribution in [0, 0.1) is 13.8 Å². The SMILES string of the molecule is Cc1cc(CCNC(=O)c2ccncc2)c(C)[nH]1.Cl. The second-order valence-corrected chi connectivity index (χ2v) is 4.34. The van der Waals surface area contributed by atoms with Gasteiger partial charge in [-0.2, -0.15) is 0 Å². The summed E-state index contributed by atoms with van der Waals surface area (Å²) in [6, 6.07) is 5.54. The van der Waals surface area contributed by atoms with Crippen LogP contribution in [0.1, 0.15) is 27.3 Å². The predicted octanol–water partition coefficient (Wildman–Crippen LogP) is 2.42. The maximum Gasteiger partial charge on any atom is 0.251 e. The van der Waals surface area contributed by atoms with Crippen molar-refractivity contribution < 1.29 is 4.79 Å². The molecule has 0 aromatic carbocycles. The summed E-state index contributed by atoms with van der Waals surface area (Å²) < 4.78 is 0. The maximum atomic E-state index is 11.8. The van der Waals surface area contributed by atoms with Crippen LogP contribution in [0.25, 0.3) is 0 Å². The van der Waals surface area contributed by atoms with E-state index in [-0.39, 0.29) is 18.3 Å². The molecule has 0 saturated carbocycles. The molecule has 2 aromatic rings. The smallest absolute Gasteiger partial charge is 0.251 e. The van der Waals surface area contributed by atoms with Crippen molar-refractivity contribution in [2.75, 3.05) is 6.54 Å². The molecular weight excluding hydrogens is 262 g/mol. The van der Waals surface area contributed by atoms with Gasteiger partial charge in [0.25, 0.3) is 5.91 Å². The van der Waals surface area contributed by atoms with Gasteiger partial charge in [0.15, 0.2) is 0 Å². The van der Waals surface area contributed by atoms with Crippen LogP contribution in [0.2, 0.25) is 0 Å². The van der Waals surface area contributed by atoms with Gasteiger partial charge in [0.2, 0.25) is 0 Å². The minimum atomic E-state index is -0.0534. The summed E-state index contributed by atoms with van der Waals surface area (Å²) in [7, 11) is 0. The summed E-state index contributed by atoms with van der Waals surface area (Å²) in [5, 5.41) is 2.90. The topological polar surface area (TPSA) is 57.8 Å². The second-order valence-electron chi connectivity index (χ2n) is 4.34. The fourth-order valence-corrected chi connectivity index (χ4v) is 1.96. The Morgan fingerprint density at radius 3 is 2.58 bits per heavy atom. The van der Waals surface area contributed by atoms with Crippen LogP contribution in [0.4, 0.5) is 0 Å². The fraction of sp³-hybridized carbons (Fsp3) is 0.286. The molecule has 0 atom stereocenters. The van der Waals surface area contributed by atoms with Crippen LogP contribution in [0.15, 0.2) is 30.6 Å². The Morgan fingerprint density at radius 1 is 1.32 bits per heavy atom. The molecule has 0 saturated heterocycles. The first kappa shape index (κ1) is 15.2. The number of carbonyl (C=O) groups is 1. The fourth-order valence-electron chi connectivity index (χ4n) is 1.96. The number of aryl methyl sites for hydroxylation is 2. The molecule has 102 valence electrons. The lowest BCUT2D eigenvalue weighted by molar-refractivity contribution is 0.0954. The van der Waals surface area contributed by atoms with Crippen LogP contribution in [-0.2, 0) is 6.42 Å². The van der Waals surface area contributed by atoms with Crippen LogP contribution < -0.4 is 5.32 Å². The van der Waals surface area contributed by atoms with Crippen molar-refractivity contribution in [1.82, 2.24) is 15.3 Å². The van der Waals surface area contributed by atoms with E-state index in [4.69, 9.17) is 0 Å².